The van der Waals surface area contributed by atoms with Crippen molar-refractivity contribution in [2.75, 3.05) is 20.3 Å². The summed E-state index contributed by atoms with van der Waals surface area (Å²) in [6.07, 6.45) is 8.56. The maximum absolute atomic E-state index is 11.9. The van der Waals surface area contributed by atoms with Crippen molar-refractivity contribution in [2.24, 2.45) is 11.3 Å². The number of amides is 1. The zero-order valence-corrected chi connectivity index (χ0v) is 11.3. The lowest BCUT2D eigenvalue weighted by molar-refractivity contribution is -0.125. The first-order valence-corrected chi connectivity index (χ1v) is 6.49. The van der Waals surface area contributed by atoms with E-state index in [1.807, 2.05) is 0 Å². The summed E-state index contributed by atoms with van der Waals surface area (Å²) in [5.41, 5.74) is 0.289. The van der Waals surface area contributed by atoms with Crippen LogP contribution in [0.5, 0.6) is 0 Å². The molecule has 0 saturated carbocycles. The Morgan fingerprint density at radius 1 is 1.53 bits per heavy atom. The van der Waals surface area contributed by atoms with E-state index in [1.54, 1.807) is 7.11 Å². The van der Waals surface area contributed by atoms with Gasteiger partial charge in [-0.25, -0.2) is 0 Å². The molecular formula is C14H25NO2. The quantitative estimate of drug-likeness (QED) is 0.605. The van der Waals surface area contributed by atoms with E-state index >= 15 is 0 Å². The molecule has 0 fully saturated rings. The van der Waals surface area contributed by atoms with Crippen LogP contribution in [0.2, 0.25) is 0 Å². The summed E-state index contributed by atoms with van der Waals surface area (Å²) < 4.78 is 4.92. The van der Waals surface area contributed by atoms with Gasteiger partial charge in [0.1, 0.15) is 0 Å². The van der Waals surface area contributed by atoms with E-state index in [-0.39, 0.29) is 17.2 Å². The second-order valence-corrected chi connectivity index (χ2v) is 5.50. The third kappa shape index (κ3) is 5.35. The molecule has 1 aliphatic rings. The third-order valence-corrected chi connectivity index (χ3v) is 3.34. The summed E-state index contributed by atoms with van der Waals surface area (Å²) in [4.78, 5) is 11.9. The molecule has 0 spiro atoms. The first-order chi connectivity index (χ1) is 8.05. The Labute approximate surface area is 105 Å². The summed E-state index contributed by atoms with van der Waals surface area (Å²) in [7, 11) is 1.65. The maximum Gasteiger partial charge on any atom is 0.223 e. The van der Waals surface area contributed by atoms with Crippen LogP contribution in [-0.2, 0) is 9.53 Å². The molecule has 0 bridgehead atoms. The summed E-state index contributed by atoms with van der Waals surface area (Å²) in [5.74, 6) is 0.311. The first kappa shape index (κ1) is 14.2. The lowest BCUT2D eigenvalue weighted by Gasteiger charge is -2.25. The van der Waals surface area contributed by atoms with Crippen molar-refractivity contribution >= 4 is 5.91 Å². The molecule has 1 aliphatic carbocycles. The lowest BCUT2D eigenvalue weighted by Crippen LogP contribution is -2.33. The molecular weight excluding hydrogens is 214 g/mol. The number of ether oxygens (including phenoxy) is 1. The van der Waals surface area contributed by atoms with Crippen molar-refractivity contribution in [3.05, 3.63) is 12.2 Å². The van der Waals surface area contributed by atoms with Crippen molar-refractivity contribution in [3.63, 3.8) is 0 Å². The van der Waals surface area contributed by atoms with Gasteiger partial charge >= 0.3 is 0 Å². The Morgan fingerprint density at radius 2 is 2.29 bits per heavy atom. The van der Waals surface area contributed by atoms with Gasteiger partial charge in [-0.3, -0.25) is 4.79 Å². The maximum atomic E-state index is 11.9. The van der Waals surface area contributed by atoms with E-state index in [4.69, 9.17) is 4.74 Å². The molecule has 0 aromatic heterocycles. The Balaban J connectivity index is 2.41. The van der Waals surface area contributed by atoms with Crippen LogP contribution in [-0.4, -0.2) is 26.2 Å². The summed E-state index contributed by atoms with van der Waals surface area (Å²) in [6, 6.07) is 0. The Kier molecular flexibility index (Phi) is 5.69. The lowest BCUT2D eigenvalue weighted by atomic mass is 9.81. The van der Waals surface area contributed by atoms with Crippen molar-refractivity contribution in [2.45, 2.75) is 39.5 Å². The van der Waals surface area contributed by atoms with Gasteiger partial charge < -0.3 is 10.1 Å². The number of carbonyl (C=O) groups is 1. The van der Waals surface area contributed by atoms with Crippen LogP contribution in [0.4, 0.5) is 0 Å². The highest BCUT2D eigenvalue weighted by Gasteiger charge is 2.22. The van der Waals surface area contributed by atoms with Gasteiger partial charge in [-0.1, -0.05) is 32.4 Å². The molecule has 0 aromatic carbocycles. The fourth-order valence-corrected chi connectivity index (χ4v) is 2.22. The molecule has 1 amide bonds. The van der Waals surface area contributed by atoms with Crippen LogP contribution < -0.4 is 5.32 Å². The zero-order chi connectivity index (χ0) is 12.7. The molecule has 1 N–H and O–H groups in total. The summed E-state index contributed by atoms with van der Waals surface area (Å²) in [6.45, 7) is 5.70. The number of nitrogens with one attached hydrogen (secondary N) is 1. The van der Waals surface area contributed by atoms with Gasteiger partial charge in [0.2, 0.25) is 5.91 Å². The fraction of sp³-hybridized carbons (Fsp3) is 0.786. The Bertz CT molecular complexity index is 271. The molecule has 0 saturated heterocycles. The van der Waals surface area contributed by atoms with Crippen LogP contribution in [0.1, 0.15) is 39.5 Å². The van der Waals surface area contributed by atoms with Gasteiger partial charge in [-0.2, -0.15) is 0 Å². The summed E-state index contributed by atoms with van der Waals surface area (Å²) >= 11 is 0. The minimum absolute atomic E-state index is 0.138. The molecule has 0 heterocycles. The van der Waals surface area contributed by atoms with Crippen LogP contribution >= 0.6 is 0 Å². The van der Waals surface area contributed by atoms with E-state index in [1.165, 1.54) is 0 Å². The average molecular weight is 239 g/mol. The van der Waals surface area contributed by atoms with E-state index < -0.39 is 0 Å². The van der Waals surface area contributed by atoms with Crippen LogP contribution in [0.25, 0.3) is 0 Å². The molecule has 3 heteroatoms. The van der Waals surface area contributed by atoms with E-state index in [0.29, 0.717) is 13.2 Å². The molecule has 3 nitrogen and oxygen atoms in total. The summed E-state index contributed by atoms with van der Waals surface area (Å²) in [5, 5.41) is 2.92. The normalized spacial score (nSPS) is 25.7. The molecule has 1 atom stereocenters. The standard InChI is InChI=1S/C14H25NO2/c1-14(2)8-4-6-12(7-5-9-14)13(16)15-10-11-17-3/h4,8,12H,5-7,9-11H2,1-3H3,(H,15,16)/b8-4+. The number of allylic oxidation sites excluding steroid dienone is 2. The SMILES string of the molecule is COCCNC(=O)C1C/C=C/C(C)(C)CCC1. The molecule has 1 rings (SSSR count). The number of rotatable bonds is 4. The van der Waals surface area contributed by atoms with E-state index in [9.17, 15) is 4.79 Å². The highest BCUT2D eigenvalue weighted by molar-refractivity contribution is 5.78. The van der Waals surface area contributed by atoms with Crippen LogP contribution in [0, 0.1) is 11.3 Å². The van der Waals surface area contributed by atoms with E-state index in [0.717, 1.165) is 25.7 Å². The second-order valence-electron chi connectivity index (χ2n) is 5.50. The molecule has 0 aliphatic heterocycles. The van der Waals surface area contributed by atoms with Crippen molar-refractivity contribution < 1.29 is 9.53 Å². The number of hydrogen-bond donors (Lipinski definition) is 1. The van der Waals surface area contributed by atoms with Gasteiger partial charge in [-0.15, -0.1) is 0 Å². The fourth-order valence-electron chi connectivity index (χ4n) is 2.22. The van der Waals surface area contributed by atoms with Gasteiger partial charge in [0.05, 0.1) is 6.61 Å². The first-order valence-electron chi connectivity index (χ1n) is 6.49. The molecule has 0 aromatic rings. The van der Waals surface area contributed by atoms with Gasteiger partial charge in [0.15, 0.2) is 0 Å². The van der Waals surface area contributed by atoms with Gasteiger partial charge in [0.25, 0.3) is 0 Å². The van der Waals surface area contributed by atoms with Crippen LogP contribution in [0.3, 0.4) is 0 Å². The van der Waals surface area contributed by atoms with Crippen molar-refractivity contribution in [1.82, 2.24) is 5.32 Å². The third-order valence-electron chi connectivity index (χ3n) is 3.34. The van der Waals surface area contributed by atoms with Crippen molar-refractivity contribution in [1.29, 1.82) is 0 Å². The average Bonchev–Trinajstić information content (AvgIpc) is 2.24. The molecule has 0 radical (unpaired) electrons. The zero-order valence-electron chi connectivity index (χ0n) is 11.3. The number of carbonyl (C=O) groups excluding carboxylic acids is 1. The van der Waals surface area contributed by atoms with Crippen molar-refractivity contribution in [3.8, 4) is 0 Å². The molecule has 1 unspecified atom stereocenters. The highest BCUT2D eigenvalue weighted by Crippen LogP contribution is 2.30. The van der Waals surface area contributed by atoms with Gasteiger partial charge in [0, 0.05) is 19.6 Å². The monoisotopic (exact) mass is 239 g/mol. The van der Waals surface area contributed by atoms with Crippen LogP contribution in [0.15, 0.2) is 12.2 Å². The topological polar surface area (TPSA) is 38.3 Å². The minimum Gasteiger partial charge on any atom is -0.383 e. The molecule has 17 heavy (non-hydrogen) atoms. The molecule has 98 valence electrons. The Morgan fingerprint density at radius 3 is 3.00 bits per heavy atom. The largest absolute Gasteiger partial charge is 0.383 e. The predicted octanol–water partition coefficient (Wildman–Crippen LogP) is 2.52. The minimum atomic E-state index is 0.138. The second kappa shape index (κ2) is 6.80. The number of methoxy groups -OCH3 is 1. The smallest absolute Gasteiger partial charge is 0.223 e. The Hall–Kier alpha value is -0.830. The highest BCUT2D eigenvalue weighted by atomic mass is 16.5. The number of hydrogen-bond acceptors (Lipinski definition) is 2. The predicted molar refractivity (Wildman–Crippen MR) is 69.8 cm³/mol. The van der Waals surface area contributed by atoms with E-state index in [2.05, 4.69) is 31.3 Å². The van der Waals surface area contributed by atoms with Gasteiger partial charge in [-0.05, 0) is 24.7 Å².